The standard InChI is InChI=1S/C20H18BClF3N2O.C11H14N2.C2H6O.C2H6.CH3BN/c1-9-6-21-15-14(9)18(25)20(12(7-26-8-28)10-2-3-10)27-19(15)11-4-5-13(23)16(22)17(11)24;1-8-2-5-11(12)9(6-8)7-13-10-3-4-10;1-3-2;1-2;2-1-3/h4-5,8-10,12H,2-3,6-7H2,1H3,(H,26,28);2,5-7,10H,3-4,12H2,1H3;1-2H3;1-2H3;1H,3H2. The van der Waals surface area contributed by atoms with Gasteiger partial charge >= 0.3 is 19.3 Å². The number of anilines is 1. The summed E-state index contributed by atoms with van der Waals surface area (Å²) in [6.07, 6.45) is 8.43. The van der Waals surface area contributed by atoms with Crippen molar-refractivity contribution in [2.75, 3.05) is 26.5 Å². The maximum atomic E-state index is 15.5. The van der Waals surface area contributed by atoms with Crippen LogP contribution in [0.25, 0.3) is 11.3 Å². The normalized spacial score (nSPS) is 16.1. The van der Waals surface area contributed by atoms with Crippen LogP contribution in [-0.2, 0) is 9.53 Å². The molecule has 1 aromatic heterocycles. The first-order chi connectivity index (χ1) is 23.5. The Hall–Kier alpha value is -3.63. The van der Waals surface area contributed by atoms with Crippen LogP contribution in [0.15, 0.2) is 35.3 Å². The monoisotopic (exact) mass is 695 g/mol. The fourth-order valence-corrected chi connectivity index (χ4v) is 5.41. The molecule has 2 atom stereocenters. The number of aromatic nitrogens is 1. The van der Waals surface area contributed by atoms with E-state index in [0.717, 1.165) is 36.2 Å². The molecule has 2 saturated carbocycles. The first kappa shape index (κ1) is 41.5. The fourth-order valence-electron chi connectivity index (χ4n) is 5.25. The number of aryl methyl sites for hydroxylation is 1. The van der Waals surface area contributed by atoms with Crippen molar-refractivity contribution in [2.24, 2.45) is 16.6 Å². The van der Waals surface area contributed by atoms with Crippen molar-refractivity contribution in [1.29, 1.82) is 0 Å². The van der Waals surface area contributed by atoms with Crippen molar-refractivity contribution in [1.82, 2.24) is 10.3 Å². The van der Waals surface area contributed by atoms with Gasteiger partial charge in [0.05, 0.1) is 17.4 Å². The number of carbonyl (C=O) groups is 1. The van der Waals surface area contributed by atoms with Crippen LogP contribution in [0.1, 0.15) is 80.7 Å². The van der Waals surface area contributed by atoms with Crippen LogP contribution < -0.4 is 22.2 Å². The van der Waals surface area contributed by atoms with E-state index < -0.39 is 22.5 Å². The second kappa shape index (κ2) is 20.8. The topological polar surface area (TPSA) is 116 Å². The summed E-state index contributed by atoms with van der Waals surface area (Å²) < 4.78 is 48.1. The minimum atomic E-state index is -0.907. The SMILES string of the molecule is CC.CC1C[B]c2c(-c3ccc(F)c(Cl)c3F)nc(C(CNC=O)C3CC3)c(F)c21.COC.Cc1ccc(N)c(C=NC2CC2)c1.[B]=CN. The average Bonchev–Trinajstić information content (AvgIpc) is 4.03. The zero-order chi connectivity index (χ0) is 36.7. The van der Waals surface area contributed by atoms with Gasteiger partial charge in [-0.1, -0.05) is 55.8 Å². The summed E-state index contributed by atoms with van der Waals surface area (Å²) in [6, 6.07) is 8.96. The summed E-state index contributed by atoms with van der Waals surface area (Å²) in [7, 11) is 9.59. The summed E-state index contributed by atoms with van der Waals surface area (Å²) >= 11 is 5.76. The number of nitrogen functional groups attached to an aromatic ring is 1. The van der Waals surface area contributed by atoms with Crippen LogP contribution in [0.4, 0.5) is 18.9 Å². The van der Waals surface area contributed by atoms with Gasteiger partial charge in [-0.15, -0.1) is 0 Å². The number of hydrogen-bond acceptors (Lipinski definition) is 6. The number of hydrogen-bond donors (Lipinski definition) is 3. The van der Waals surface area contributed by atoms with Gasteiger partial charge in [-0.05, 0) is 74.3 Å². The van der Waals surface area contributed by atoms with Gasteiger partial charge in [-0.3, -0.25) is 9.79 Å². The molecule has 262 valence electrons. The number of nitrogens with zero attached hydrogens (tertiary/aromatic N) is 2. The second-order valence-corrected chi connectivity index (χ2v) is 12.1. The number of ether oxygens (including phenoxy) is 1. The molecule has 0 spiro atoms. The summed E-state index contributed by atoms with van der Waals surface area (Å²) in [5.74, 6) is -2.29. The number of fused-ring (bicyclic) bond motifs is 1. The van der Waals surface area contributed by atoms with E-state index in [1.807, 2.05) is 46.4 Å². The Morgan fingerprint density at radius 1 is 1.14 bits per heavy atom. The number of nitrogens with one attached hydrogen (secondary N) is 1. The molecule has 5 N–H and O–H groups in total. The molecule has 2 unspecified atom stereocenters. The molecule has 2 fully saturated rings. The van der Waals surface area contributed by atoms with Gasteiger partial charge in [-0.25, -0.2) is 18.2 Å². The molecule has 3 aromatic rings. The maximum absolute atomic E-state index is 15.5. The van der Waals surface area contributed by atoms with E-state index in [1.54, 1.807) is 14.2 Å². The summed E-state index contributed by atoms with van der Waals surface area (Å²) in [4.78, 5) is 19.7. The predicted molar refractivity (Wildman–Crippen MR) is 199 cm³/mol. The molecular formula is C36H47B2ClF3N5O2. The number of amides is 1. The van der Waals surface area contributed by atoms with Crippen LogP contribution in [-0.4, -0.2) is 65.3 Å². The van der Waals surface area contributed by atoms with Crippen LogP contribution in [0.5, 0.6) is 0 Å². The first-order valence-corrected chi connectivity index (χ1v) is 16.8. The molecule has 13 heteroatoms. The van der Waals surface area contributed by atoms with Crippen molar-refractivity contribution in [2.45, 2.75) is 77.6 Å². The van der Waals surface area contributed by atoms with Crippen molar-refractivity contribution in [3.05, 3.63) is 75.2 Å². The molecule has 2 heterocycles. The van der Waals surface area contributed by atoms with Gasteiger partial charge in [0.15, 0.2) is 13.1 Å². The zero-order valence-corrected chi connectivity index (χ0v) is 30.0. The second-order valence-electron chi connectivity index (χ2n) is 11.8. The minimum absolute atomic E-state index is 0.0483. The number of benzene rings is 2. The number of carbonyl (C=O) groups excluding carboxylic acids is 1. The van der Waals surface area contributed by atoms with E-state index in [9.17, 15) is 13.6 Å². The summed E-state index contributed by atoms with van der Waals surface area (Å²) in [5, 5.41) is 2.02. The van der Waals surface area contributed by atoms with Crippen molar-refractivity contribution in [3.63, 3.8) is 0 Å². The van der Waals surface area contributed by atoms with Gasteiger partial charge in [0.1, 0.15) is 16.7 Å². The molecule has 49 heavy (non-hydrogen) atoms. The Balaban J connectivity index is 0.000000329. The molecule has 1 aliphatic heterocycles. The van der Waals surface area contributed by atoms with Crippen LogP contribution in [0, 0.1) is 30.3 Å². The molecule has 7 nitrogen and oxygen atoms in total. The third-order valence-corrected chi connectivity index (χ3v) is 8.22. The molecule has 1 amide bonds. The molecule has 0 saturated heterocycles. The summed E-state index contributed by atoms with van der Waals surface area (Å²) in [6.45, 7) is 8.23. The Bertz CT molecular complexity index is 1570. The third-order valence-electron chi connectivity index (χ3n) is 7.87. The van der Waals surface area contributed by atoms with E-state index in [2.05, 4.69) is 46.2 Å². The van der Waals surface area contributed by atoms with Crippen LogP contribution >= 0.6 is 11.6 Å². The molecular weight excluding hydrogens is 648 g/mol. The molecule has 0 bridgehead atoms. The molecule has 2 aliphatic carbocycles. The quantitative estimate of drug-likeness (QED) is 0.0849. The van der Waals surface area contributed by atoms with Crippen molar-refractivity contribution >= 4 is 56.2 Å². The molecule has 2 radical (unpaired) electrons. The Kier molecular flexibility index (Phi) is 17.6. The van der Waals surface area contributed by atoms with E-state index in [-0.39, 0.29) is 41.2 Å². The van der Waals surface area contributed by atoms with Crippen molar-refractivity contribution in [3.8, 4) is 11.3 Å². The van der Waals surface area contributed by atoms with E-state index >= 15 is 4.39 Å². The molecule has 2 aromatic carbocycles. The number of halogens is 4. The van der Waals surface area contributed by atoms with E-state index in [4.69, 9.17) is 17.3 Å². The van der Waals surface area contributed by atoms with Gasteiger partial charge in [-0.2, -0.15) is 0 Å². The Morgan fingerprint density at radius 3 is 2.35 bits per heavy atom. The number of aliphatic imine (C=N–C) groups is 1. The van der Waals surface area contributed by atoms with Gasteiger partial charge in [0.25, 0.3) is 0 Å². The zero-order valence-electron chi connectivity index (χ0n) is 29.2. The molecule has 6 rings (SSSR count). The number of methoxy groups -OCH3 is 1. The Labute approximate surface area is 295 Å². The van der Waals surface area contributed by atoms with Crippen LogP contribution in [0.2, 0.25) is 11.3 Å². The predicted octanol–water partition coefficient (Wildman–Crippen LogP) is 6.24. The number of rotatable bonds is 8. The Morgan fingerprint density at radius 2 is 1.78 bits per heavy atom. The average molecular weight is 696 g/mol. The third kappa shape index (κ3) is 11.7. The fraction of sp³-hybridized carbons (Fsp3) is 0.444. The van der Waals surface area contributed by atoms with Crippen molar-refractivity contribution < 1.29 is 22.7 Å². The number of nitrogens with two attached hydrogens (primary N) is 2. The first-order valence-electron chi connectivity index (χ1n) is 16.4. The number of pyridine rings is 1. The molecule has 3 aliphatic rings. The van der Waals surface area contributed by atoms with Gasteiger partial charge in [0, 0.05) is 49.7 Å². The van der Waals surface area contributed by atoms with E-state index in [0.29, 0.717) is 29.8 Å². The van der Waals surface area contributed by atoms with Gasteiger partial charge in [0.2, 0.25) is 6.41 Å². The van der Waals surface area contributed by atoms with Crippen LogP contribution in [0.3, 0.4) is 0 Å². The summed E-state index contributed by atoms with van der Waals surface area (Å²) in [5.41, 5.74) is 15.0. The van der Waals surface area contributed by atoms with E-state index in [1.165, 1.54) is 24.5 Å². The van der Waals surface area contributed by atoms with Gasteiger partial charge < -0.3 is 15.8 Å².